The molecule has 1 fully saturated rings. The molecule has 10 nitrogen and oxygen atoms in total. The lowest BCUT2D eigenvalue weighted by molar-refractivity contribution is 0.111. The van der Waals surface area contributed by atoms with Crippen LogP contribution in [0.3, 0.4) is 0 Å². The molecule has 0 saturated carbocycles. The Morgan fingerprint density at radius 2 is 2.03 bits per heavy atom. The highest BCUT2D eigenvalue weighted by molar-refractivity contribution is 14.0. The molecule has 0 radical (unpaired) electrons. The third-order valence-electron chi connectivity index (χ3n) is 4.79. The van der Waals surface area contributed by atoms with Gasteiger partial charge in [-0.15, -0.1) is 34.2 Å². The Hall–Kier alpha value is -1.63. The largest absolute Gasteiger partial charge is 0.453 e. The van der Waals surface area contributed by atoms with Crippen molar-refractivity contribution in [1.29, 1.82) is 0 Å². The SMILES string of the molecule is CCOCCCNC(=NCc1nnc(C)n1C)NC1CCN(C(=O)OC)CC1.I. The summed E-state index contributed by atoms with van der Waals surface area (Å²) in [5, 5.41) is 15.1. The first-order valence-corrected chi connectivity index (χ1v) is 9.85. The van der Waals surface area contributed by atoms with Crippen LogP contribution in [0.2, 0.25) is 0 Å². The number of ether oxygens (including phenoxy) is 2. The number of likely N-dealkylation sites (tertiary alicyclic amines) is 1. The Morgan fingerprint density at radius 3 is 2.62 bits per heavy atom. The molecule has 1 saturated heterocycles. The van der Waals surface area contributed by atoms with Gasteiger partial charge in [0, 0.05) is 45.9 Å². The van der Waals surface area contributed by atoms with E-state index in [2.05, 4.69) is 25.8 Å². The van der Waals surface area contributed by atoms with Gasteiger partial charge >= 0.3 is 6.09 Å². The standard InChI is InChI=1S/C18H33N7O3.HI/c1-5-28-12-6-9-19-17(20-13-16-23-22-14(2)24(16)3)21-15-7-10-25(11-8-15)18(26)27-4;/h15H,5-13H2,1-4H3,(H2,19,20,21);1H. The monoisotopic (exact) mass is 523 g/mol. The fraction of sp³-hybridized carbons (Fsp3) is 0.778. The van der Waals surface area contributed by atoms with E-state index in [1.165, 1.54) is 7.11 Å². The van der Waals surface area contributed by atoms with Crippen molar-refractivity contribution >= 4 is 36.0 Å². The second-order valence-electron chi connectivity index (χ2n) is 6.74. The van der Waals surface area contributed by atoms with Gasteiger partial charge in [0.1, 0.15) is 12.4 Å². The molecule has 0 spiro atoms. The van der Waals surface area contributed by atoms with Crippen molar-refractivity contribution < 1.29 is 14.3 Å². The maximum atomic E-state index is 11.6. The molecule has 0 unspecified atom stereocenters. The number of hydrogen-bond acceptors (Lipinski definition) is 6. The van der Waals surface area contributed by atoms with Gasteiger partial charge in [-0.05, 0) is 33.1 Å². The third-order valence-corrected chi connectivity index (χ3v) is 4.79. The minimum Gasteiger partial charge on any atom is -0.453 e. The number of guanidine groups is 1. The number of rotatable bonds is 8. The van der Waals surface area contributed by atoms with Gasteiger partial charge in [0.05, 0.1) is 7.11 Å². The Balaban J connectivity index is 0.00000420. The molecule has 1 aliphatic rings. The molecule has 2 heterocycles. The fourth-order valence-corrected chi connectivity index (χ4v) is 2.95. The van der Waals surface area contributed by atoms with Gasteiger partial charge in [0.15, 0.2) is 11.8 Å². The zero-order chi connectivity index (χ0) is 20.4. The number of aryl methyl sites for hydroxylation is 1. The summed E-state index contributed by atoms with van der Waals surface area (Å²) in [4.78, 5) is 18.0. The Labute approximate surface area is 189 Å². The molecule has 11 heteroatoms. The average molecular weight is 523 g/mol. The van der Waals surface area contributed by atoms with Crippen molar-refractivity contribution in [3.63, 3.8) is 0 Å². The van der Waals surface area contributed by atoms with Crippen LogP contribution in [0.5, 0.6) is 0 Å². The lowest BCUT2D eigenvalue weighted by Gasteiger charge is -2.32. The zero-order valence-corrected chi connectivity index (χ0v) is 20.1. The Bertz CT molecular complexity index is 645. The van der Waals surface area contributed by atoms with Gasteiger partial charge in [-0.3, -0.25) is 0 Å². The number of nitrogens with one attached hydrogen (secondary N) is 2. The van der Waals surface area contributed by atoms with Gasteiger partial charge in [0.25, 0.3) is 0 Å². The van der Waals surface area contributed by atoms with E-state index in [0.717, 1.165) is 56.6 Å². The van der Waals surface area contributed by atoms with Gasteiger partial charge < -0.3 is 29.6 Å². The van der Waals surface area contributed by atoms with Crippen LogP contribution in [0.25, 0.3) is 0 Å². The van der Waals surface area contributed by atoms with Gasteiger partial charge in [-0.2, -0.15) is 0 Å². The van der Waals surface area contributed by atoms with E-state index in [1.54, 1.807) is 4.90 Å². The number of aliphatic imine (C=N–C) groups is 1. The van der Waals surface area contributed by atoms with E-state index < -0.39 is 0 Å². The van der Waals surface area contributed by atoms with Crippen molar-refractivity contribution in [1.82, 2.24) is 30.3 Å². The molecular formula is C18H34IN7O3. The molecule has 1 aromatic heterocycles. The Kier molecular flexibility index (Phi) is 11.9. The van der Waals surface area contributed by atoms with E-state index in [0.29, 0.717) is 19.6 Å². The minimum absolute atomic E-state index is 0. The molecule has 1 amide bonds. The summed E-state index contributed by atoms with van der Waals surface area (Å²) in [6.07, 6.45) is 2.33. The quantitative estimate of drug-likeness (QED) is 0.230. The molecule has 0 bridgehead atoms. The highest BCUT2D eigenvalue weighted by atomic mass is 127. The molecule has 29 heavy (non-hydrogen) atoms. The third kappa shape index (κ3) is 8.33. The second kappa shape index (κ2) is 13.6. The van der Waals surface area contributed by atoms with Crippen molar-refractivity contribution in [2.75, 3.05) is 40.0 Å². The molecule has 1 aliphatic heterocycles. The molecule has 0 aromatic carbocycles. The van der Waals surface area contributed by atoms with Crippen LogP contribution >= 0.6 is 24.0 Å². The summed E-state index contributed by atoms with van der Waals surface area (Å²) in [7, 11) is 3.35. The maximum absolute atomic E-state index is 11.6. The average Bonchev–Trinajstić information content (AvgIpc) is 3.03. The summed E-state index contributed by atoms with van der Waals surface area (Å²) < 4.78 is 12.1. The van der Waals surface area contributed by atoms with Gasteiger partial charge in [-0.1, -0.05) is 0 Å². The lowest BCUT2D eigenvalue weighted by atomic mass is 10.1. The van der Waals surface area contributed by atoms with Gasteiger partial charge in [-0.25, -0.2) is 9.79 Å². The molecular weight excluding hydrogens is 489 g/mol. The summed E-state index contributed by atoms with van der Waals surface area (Å²) in [5.74, 6) is 2.42. The molecule has 1 aromatic rings. The summed E-state index contributed by atoms with van der Waals surface area (Å²) in [6.45, 7) is 7.91. The van der Waals surface area contributed by atoms with Crippen molar-refractivity contribution in [2.24, 2.45) is 12.0 Å². The zero-order valence-electron chi connectivity index (χ0n) is 17.8. The number of nitrogens with zero attached hydrogens (tertiary/aromatic N) is 5. The van der Waals surface area contributed by atoms with Crippen LogP contribution in [0.15, 0.2) is 4.99 Å². The van der Waals surface area contributed by atoms with E-state index in [1.807, 2.05) is 25.5 Å². The van der Waals surface area contributed by atoms with E-state index in [4.69, 9.17) is 9.47 Å². The number of methoxy groups -OCH3 is 1. The maximum Gasteiger partial charge on any atom is 0.409 e. The van der Waals surface area contributed by atoms with Crippen LogP contribution in [0, 0.1) is 6.92 Å². The van der Waals surface area contributed by atoms with Crippen molar-refractivity contribution in [2.45, 2.75) is 45.7 Å². The number of aromatic nitrogens is 3. The number of carbonyl (C=O) groups is 1. The first kappa shape index (κ1) is 25.4. The molecule has 2 rings (SSSR count). The van der Waals surface area contributed by atoms with Crippen LogP contribution in [-0.4, -0.2) is 77.7 Å². The van der Waals surface area contributed by atoms with Crippen molar-refractivity contribution in [3.05, 3.63) is 11.6 Å². The van der Waals surface area contributed by atoms with E-state index in [9.17, 15) is 4.79 Å². The topological polar surface area (TPSA) is 106 Å². The number of carbonyl (C=O) groups excluding carboxylic acids is 1. The van der Waals surface area contributed by atoms with E-state index >= 15 is 0 Å². The Morgan fingerprint density at radius 1 is 1.31 bits per heavy atom. The van der Waals surface area contributed by atoms with Gasteiger partial charge in [0.2, 0.25) is 0 Å². The second-order valence-corrected chi connectivity index (χ2v) is 6.74. The summed E-state index contributed by atoms with van der Waals surface area (Å²) >= 11 is 0. The number of amides is 1. The summed E-state index contributed by atoms with van der Waals surface area (Å²) in [6, 6.07) is 0.250. The predicted octanol–water partition coefficient (Wildman–Crippen LogP) is 1.43. The molecule has 0 aliphatic carbocycles. The first-order valence-electron chi connectivity index (χ1n) is 9.85. The van der Waals surface area contributed by atoms with Crippen LogP contribution in [0.1, 0.15) is 37.8 Å². The minimum atomic E-state index is -0.265. The van der Waals surface area contributed by atoms with Crippen LogP contribution < -0.4 is 10.6 Å². The van der Waals surface area contributed by atoms with Crippen LogP contribution in [-0.2, 0) is 23.1 Å². The number of hydrogen-bond donors (Lipinski definition) is 2. The van der Waals surface area contributed by atoms with Crippen LogP contribution in [0.4, 0.5) is 4.79 Å². The highest BCUT2D eigenvalue weighted by Gasteiger charge is 2.23. The van der Waals surface area contributed by atoms with Crippen molar-refractivity contribution in [3.8, 4) is 0 Å². The number of piperidine rings is 1. The lowest BCUT2D eigenvalue weighted by Crippen LogP contribution is -2.50. The normalized spacial score (nSPS) is 15.0. The van der Waals surface area contributed by atoms with E-state index in [-0.39, 0.29) is 36.1 Å². The predicted molar refractivity (Wildman–Crippen MR) is 122 cm³/mol. The summed E-state index contributed by atoms with van der Waals surface area (Å²) in [5.41, 5.74) is 0. The smallest absolute Gasteiger partial charge is 0.409 e. The highest BCUT2D eigenvalue weighted by Crippen LogP contribution is 2.11. The number of halogens is 1. The molecule has 0 atom stereocenters. The fourth-order valence-electron chi connectivity index (χ4n) is 2.95. The first-order chi connectivity index (χ1) is 13.5. The molecule has 2 N–H and O–H groups in total. The molecule has 166 valence electrons.